The number of carbonyl (C=O) groups is 4. The summed E-state index contributed by atoms with van der Waals surface area (Å²) in [5.74, 6) is -1.14. The number of carbonyl (C=O) groups excluding carboxylic acids is 4. The van der Waals surface area contributed by atoms with Crippen LogP contribution >= 0.6 is 0 Å². The first-order valence-corrected chi connectivity index (χ1v) is 24.6. The Balaban J connectivity index is 1.10. The number of fused-ring (bicyclic) bond motifs is 4. The summed E-state index contributed by atoms with van der Waals surface area (Å²) in [6, 6.07) is 38.7. The molecule has 12 heteroatoms. The number of hydrogen-bond acceptors (Lipinski definition) is 7. The second-order valence-corrected chi connectivity index (χ2v) is 21.5. The SMILES string of the molecule is C[C@@H]1[C@@H]([Si](C)(C)O)[C@H](CC(=O)N(CCO)Cc2ccccc2)O[C@@]12C(=O)N(Cc1ccc(N3C(=O)CCc4ccccc43)cc1)c1ccc(N3C(=O)CCc4ccccc43)cc12. The van der Waals surface area contributed by atoms with E-state index in [0.29, 0.717) is 49.2 Å². The number of para-hydroxylation sites is 2. The smallest absolute Gasteiger partial charge is 0.264 e. The van der Waals surface area contributed by atoms with Gasteiger partial charge in [-0.1, -0.05) is 85.8 Å². The number of benzene rings is 5. The van der Waals surface area contributed by atoms with Gasteiger partial charge >= 0.3 is 0 Å². The lowest BCUT2D eigenvalue weighted by Crippen LogP contribution is -2.46. The van der Waals surface area contributed by atoms with Crippen molar-refractivity contribution in [2.45, 2.75) is 82.5 Å². The molecule has 0 aliphatic carbocycles. The number of rotatable bonds is 11. The zero-order valence-electron chi connectivity index (χ0n) is 35.4. The first kappa shape index (κ1) is 41.4. The number of aliphatic hydroxyl groups is 1. The molecular weight excluding hydrogens is 797 g/mol. The quantitative estimate of drug-likeness (QED) is 0.131. The molecule has 0 bridgehead atoms. The molecule has 11 nitrogen and oxygen atoms in total. The van der Waals surface area contributed by atoms with Gasteiger partial charge in [-0.2, -0.15) is 0 Å². The summed E-state index contributed by atoms with van der Waals surface area (Å²) >= 11 is 0. The Morgan fingerprint density at radius 3 is 1.94 bits per heavy atom. The number of ether oxygens (including phenoxy) is 1. The predicted molar refractivity (Wildman–Crippen MR) is 241 cm³/mol. The highest BCUT2D eigenvalue weighted by atomic mass is 28.4. The molecule has 0 radical (unpaired) electrons. The Morgan fingerprint density at radius 2 is 1.32 bits per heavy atom. The maximum absolute atomic E-state index is 15.5. The second-order valence-electron chi connectivity index (χ2n) is 17.6. The molecule has 62 heavy (non-hydrogen) atoms. The van der Waals surface area contributed by atoms with Crippen LogP contribution in [0.5, 0.6) is 0 Å². The van der Waals surface area contributed by atoms with Crippen molar-refractivity contribution in [1.29, 1.82) is 0 Å². The molecule has 5 aromatic rings. The molecule has 9 rings (SSSR count). The molecule has 4 amide bonds. The summed E-state index contributed by atoms with van der Waals surface area (Å²) in [5.41, 5.74) is 6.03. The number of aliphatic hydroxyl groups excluding tert-OH is 1. The van der Waals surface area contributed by atoms with E-state index in [1.165, 1.54) is 0 Å². The lowest BCUT2D eigenvalue weighted by molar-refractivity contribution is -0.150. The van der Waals surface area contributed by atoms with Gasteiger partial charge in [0.05, 0.1) is 42.7 Å². The molecular formula is C50H52N4O7Si. The van der Waals surface area contributed by atoms with Crippen molar-refractivity contribution in [3.63, 3.8) is 0 Å². The fraction of sp³-hybridized carbons (Fsp3) is 0.320. The van der Waals surface area contributed by atoms with Crippen molar-refractivity contribution in [2.24, 2.45) is 5.92 Å². The van der Waals surface area contributed by atoms with E-state index in [4.69, 9.17) is 4.74 Å². The van der Waals surface area contributed by atoms with Crippen LogP contribution in [-0.2, 0) is 55.4 Å². The molecule has 0 saturated carbocycles. The minimum absolute atomic E-state index is 0.0255. The van der Waals surface area contributed by atoms with Crippen molar-refractivity contribution in [3.8, 4) is 0 Å². The van der Waals surface area contributed by atoms with E-state index < -0.39 is 31.5 Å². The third kappa shape index (κ3) is 7.24. The monoisotopic (exact) mass is 848 g/mol. The number of aryl methyl sites for hydroxylation is 2. The molecule has 5 aromatic carbocycles. The molecule has 4 aliphatic rings. The molecule has 2 N–H and O–H groups in total. The van der Waals surface area contributed by atoms with Gasteiger partial charge in [0.15, 0.2) is 13.9 Å². The van der Waals surface area contributed by atoms with Crippen LogP contribution in [0, 0.1) is 5.92 Å². The van der Waals surface area contributed by atoms with Crippen LogP contribution < -0.4 is 14.7 Å². The number of nitrogens with zero attached hydrogens (tertiary/aromatic N) is 4. The maximum Gasteiger partial charge on any atom is 0.264 e. The molecule has 4 heterocycles. The zero-order chi connectivity index (χ0) is 43.3. The van der Waals surface area contributed by atoms with Crippen molar-refractivity contribution in [3.05, 3.63) is 149 Å². The molecule has 4 atom stereocenters. The second kappa shape index (κ2) is 16.4. The number of amides is 4. The molecule has 0 aromatic heterocycles. The van der Waals surface area contributed by atoms with Gasteiger partial charge in [-0.3, -0.25) is 29.0 Å². The van der Waals surface area contributed by atoms with E-state index in [1.807, 2.05) is 141 Å². The van der Waals surface area contributed by atoms with E-state index in [0.717, 1.165) is 39.3 Å². The summed E-state index contributed by atoms with van der Waals surface area (Å²) < 4.78 is 7.13. The average Bonchev–Trinajstić information content (AvgIpc) is 3.69. The van der Waals surface area contributed by atoms with Crippen LogP contribution in [0.4, 0.5) is 28.4 Å². The van der Waals surface area contributed by atoms with Crippen LogP contribution in [0.1, 0.15) is 54.0 Å². The van der Waals surface area contributed by atoms with Gasteiger partial charge in [0.2, 0.25) is 17.7 Å². The Bertz CT molecular complexity index is 2540. The van der Waals surface area contributed by atoms with Gasteiger partial charge in [-0.25, -0.2) is 0 Å². The Morgan fingerprint density at radius 1 is 0.742 bits per heavy atom. The molecule has 1 fully saturated rings. The van der Waals surface area contributed by atoms with Crippen molar-refractivity contribution in [1.82, 2.24) is 4.90 Å². The van der Waals surface area contributed by atoms with Gasteiger partial charge in [0.1, 0.15) is 0 Å². The van der Waals surface area contributed by atoms with E-state index >= 15 is 4.79 Å². The fourth-order valence-electron chi connectivity index (χ4n) is 10.4. The molecule has 318 valence electrons. The van der Waals surface area contributed by atoms with Gasteiger partial charge in [-0.05, 0) is 90.7 Å². The summed E-state index contributed by atoms with van der Waals surface area (Å²) in [6.45, 7) is 5.97. The van der Waals surface area contributed by atoms with Crippen molar-refractivity contribution >= 4 is 60.4 Å². The largest absolute Gasteiger partial charge is 0.432 e. The van der Waals surface area contributed by atoms with E-state index in [1.54, 1.807) is 19.6 Å². The highest BCUT2D eigenvalue weighted by Gasteiger charge is 2.66. The predicted octanol–water partition coefficient (Wildman–Crippen LogP) is 7.66. The Labute approximate surface area is 363 Å². The molecule has 1 spiro atoms. The zero-order valence-corrected chi connectivity index (χ0v) is 36.4. The van der Waals surface area contributed by atoms with Gasteiger partial charge < -0.3 is 24.4 Å². The van der Waals surface area contributed by atoms with Crippen molar-refractivity contribution < 1.29 is 33.8 Å². The molecule has 4 aliphatic heterocycles. The summed E-state index contributed by atoms with van der Waals surface area (Å²) in [7, 11) is -3.16. The normalized spacial score (nSPS) is 21.9. The average molecular weight is 849 g/mol. The number of hydrogen-bond donors (Lipinski definition) is 2. The maximum atomic E-state index is 15.5. The third-order valence-electron chi connectivity index (χ3n) is 13.3. The summed E-state index contributed by atoms with van der Waals surface area (Å²) in [6.07, 6.45) is 1.18. The van der Waals surface area contributed by atoms with Crippen LogP contribution in [-0.4, -0.2) is 66.0 Å². The van der Waals surface area contributed by atoms with Crippen molar-refractivity contribution in [2.75, 3.05) is 27.9 Å². The first-order chi connectivity index (χ1) is 29.9. The van der Waals surface area contributed by atoms with Crippen LogP contribution in [0.3, 0.4) is 0 Å². The topological polar surface area (TPSA) is 131 Å². The summed E-state index contributed by atoms with van der Waals surface area (Å²) in [4.78, 5) is 75.6. The minimum atomic E-state index is -3.16. The highest BCUT2D eigenvalue weighted by molar-refractivity contribution is 6.71. The lowest BCUT2D eigenvalue weighted by atomic mass is 9.82. The fourth-order valence-corrected chi connectivity index (χ4v) is 13.0. The molecule has 0 unspecified atom stereocenters. The minimum Gasteiger partial charge on any atom is -0.432 e. The highest BCUT2D eigenvalue weighted by Crippen LogP contribution is 2.60. The standard InChI is InChI=1S/C50H52N4O7Si/c1-33-48(62(2,3)60)44(30-47(58)51(27-28-55)31-34-11-5-4-6-12-34)61-50(33)40-29-39(54-42-16-10-8-14-37(42)20-26-46(54)57)23-24-43(40)52(49(50)59)32-35-17-21-38(22-18-35)53-41-15-9-7-13-36(41)19-25-45(53)56/h4-18,21-24,29,33,44,48,55,60H,19-20,25-28,30-32H2,1-3H3/t33-,44+,48-,50+/m1/s1. The van der Waals surface area contributed by atoms with Crippen LogP contribution in [0.2, 0.25) is 18.6 Å². The molecule has 1 saturated heterocycles. The first-order valence-electron chi connectivity index (χ1n) is 21.6. The van der Waals surface area contributed by atoms with E-state index in [9.17, 15) is 24.3 Å². The van der Waals surface area contributed by atoms with Gasteiger partial charge in [0.25, 0.3) is 5.91 Å². The number of anilines is 5. The van der Waals surface area contributed by atoms with Crippen LogP contribution in [0.15, 0.2) is 121 Å². The third-order valence-corrected chi connectivity index (χ3v) is 15.8. The lowest BCUT2D eigenvalue weighted by Gasteiger charge is -2.33. The summed E-state index contributed by atoms with van der Waals surface area (Å²) in [5, 5.41) is 10.0. The van der Waals surface area contributed by atoms with E-state index in [2.05, 4.69) is 0 Å². The van der Waals surface area contributed by atoms with Gasteiger partial charge in [0, 0.05) is 54.3 Å². The van der Waals surface area contributed by atoms with Gasteiger partial charge in [-0.15, -0.1) is 0 Å². The van der Waals surface area contributed by atoms with E-state index in [-0.39, 0.29) is 49.7 Å². The Kier molecular flexibility index (Phi) is 11.0. The van der Waals surface area contributed by atoms with Crippen LogP contribution in [0.25, 0.3) is 0 Å². The Hall–Kier alpha value is -5.92.